The maximum Gasteiger partial charge on any atom is 0.514 e. The van der Waals surface area contributed by atoms with Crippen molar-refractivity contribution in [2.24, 2.45) is 0 Å². The molecule has 0 amide bonds. The summed E-state index contributed by atoms with van der Waals surface area (Å²) in [6.07, 6.45) is 1.13. The van der Waals surface area contributed by atoms with E-state index in [0.29, 0.717) is 11.1 Å². The number of ether oxygens (including phenoxy) is 2. The van der Waals surface area contributed by atoms with Crippen LogP contribution in [0.1, 0.15) is 0 Å². The summed E-state index contributed by atoms with van der Waals surface area (Å²) in [5.74, 6) is 0.580. The van der Waals surface area contributed by atoms with Crippen molar-refractivity contribution in [3.05, 3.63) is 11.8 Å². The third-order valence-corrected chi connectivity index (χ3v) is 1.18. The second kappa shape index (κ2) is 2.87. The van der Waals surface area contributed by atoms with Crippen molar-refractivity contribution in [2.45, 2.75) is 0 Å². The molecule has 0 bridgehead atoms. The van der Waals surface area contributed by atoms with E-state index in [0.717, 1.165) is 0 Å². The molecular weight excluding hydrogens is 188 g/mol. The van der Waals surface area contributed by atoms with Gasteiger partial charge in [0.15, 0.2) is 6.61 Å². The van der Waals surface area contributed by atoms with Gasteiger partial charge in [-0.3, -0.25) is 0 Å². The minimum absolute atomic E-state index is 0.268. The number of halogens is 1. The fourth-order valence-electron chi connectivity index (χ4n) is 0.483. The van der Waals surface area contributed by atoms with Gasteiger partial charge in [-0.15, -0.1) is 0 Å². The molecule has 1 fully saturated rings. The lowest BCUT2D eigenvalue weighted by molar-refractivity contribution is 0.136. The Hall–Kier alpha value is -0.510. The Morgan fingerprint density at radius 3 is 3.00 bits per heavy atom. The van der Waals surface area contributed by atoms with Crippen LogP contribution in [0.5, 0.6) is 0 Å². The monoisotopic (exact) mass is 192 g/mol. The molecule has 0 radical (unpaired) electrons. The Labute approximate surface area is 60.8 Å². The Morgan fingerprint density at radius 1 is 1.78 bits per heavy atom. The molecular formula is C5H5BrO3. The van der Waals surface area contributed by atoms with Crippen LogP contribution in [0.25, 0.3) is 0 Å². The van der Waals surface area contributed by atoms with E-state index in [9.17, 15) is 4.79 Å². The second-order valence-electron chi connectivity index (χ2n) is 1.47. The Bertz CT molecular complexity index is 152. The number of cyclic esters (lactones) is 2. The normalized spacial score (nSPS) is 21.9. The summed E-state index contributed by atoms with van der Waals surface area (Å²) in [4.78, 5) is 10.2. The van der Waals surface area contributed by atoms with Gasteiger partial charge in [0.05, 0.1) is 0 Å². The summed E-state index contributed by atoms with van der Waals surface area (Å²) in [6.45, 7) is 0.268. The third-order valence-electron chi connectivity index (χ3n) is 0.852. The molecule has 0 N–H and O–H groups in total. The van der Waals surface area contributed by atoms with Crippen molar-refractivity contribution >= 4 is 22.1 Å². The molecule has 1 rings (SSSR count). The standard InChI is InChI=1S/C5H5BrO3/c6-2-1-4-3-8-5(7)9-4/h1H,2-3H2. The molecule has 0 aromatic rings. The molecule has 1 aliphatic rings. The van der Waals surface area contributed by atoms with Crippen LogP contribution >= 0.6 is 15.9 Å². The van der Waals surface area contributed by atoms with Crippen molar-refractivity contribution in [3.8, 4) is 0 Å². The lowest BCUT2D eigenvalue weighted by Gasteiger charge is -1.85. The van der Waals surface area contributed by atoms with Crippen LogP contribution in [-0.2, 0) is 9.47 Å². The summed E-state index contributed by atoms with van der Waals surface area (Å²) in [6, 6.07) is 0. The topological polar surface area (TPSA) is 35.5 Å². The third kappa shape index (κ3) is 1.71. The summed E-state index contributed by atoms with van der Waals surface area (Å²) in [5.41, 5.74) is 0. The first-order chi connectivity index (χ1) is 4.33. The highest BCUT2D eigenvalue weighted by atomic mass is 79.9. The van der Waals surface area contributed by atoms with Crippen LogP contribution in [0.3, 0.4) is 0 Å². The molecule has 0 unspecified atom stereocenters. The summed E-state index contributed by atoms with van der Waals surface area (Å²) in [5, 5.41) is 0.680. The zero-order chi connectivity index (χ0) is 6.69. The van der Waals surface area contributed by atoms with E-state index in [1.807, 2.05) is 0 Å². The molecule has 0 atom stereocenters. The predicted molar refractivity (Wildman–Crippen MR) is 34.3 cm³/mol. The van der Waals surface area contributed by atoms with Gasteiger partial charge < -0.3 is 9.47 Å². The summed E-state index contributed by atoms with van der Waals surface area (Å²) >= 11 is 3.16. The molecule has 0 aromatic carbocycles. The van der Waals surface area contributed by atoms with Crippen LogP contribution in [0, 0.1) is 0 Å². The van der Waals surface area contributed by atoms with Gasteiger partial charge in [0.2, 0.25) is 0 Å². The van der Waals surface area contributed by atoms with E-state index in [1.54, 1.807) is 6.08 Å². The molecule has 1 saturated heterocycles. The van der Waals surface area contributed by atoms with Crippen molar-refractivity contribution in [3.63, 3.8) is 0 Å². The van der Waals surface area contributed by atoms with Crippen molar-refractivity contribution < 1.29 is 14.3 Å². The van der Waals surface area contributed by atoms with Gasteiger partial charge in [-0.1, -0.05) is 15.9 Å². The molecule has 3 nitrogen and oxygen atoms in total. The first kappa shape index (κ1) is 6.61. The SMILES string of the molecule is O=C1OCC(=CCBr)O1. The summed E-state index contributed by atoms with van der Waals surface area (Å²) < 4.78 is 9.04. The lowest BCUT2D eigenvalue weighted by atomic mass is 10.5. The molecule has 0 spiro atoms. The average molecular weight is 193 g/mol. The van der Waals surface area contributed by atoms with Crippen LogP contribution < -0.4 is 0 Å². The van der Waals surface area contributed by atoms with Gasteiger partial charge in [-0.2, -0.15) is 0 Å². The van der Waals surface area contributed by atoms with E-state index >= 15 is 0 Å². The number of hydrogen-bond acceptors (Lipinski definition) is 3. The molecule has 1 aliphatic heterocycles. The largest absolute Gasteiger partial charge is 0.514 e. The Kier molecular flexibility index (Phi) is 2.10. The smallest absolute Gasteiger partial charge is 0.426 e. The van der Waals surface area contributed by atoms with Gasteiger partial charge in [0.1, 0.15) is 5.76 Å². The Balaban J connectivity index is 2.47. The number of carbonyl (C=O) groups is 1. The first-order valence-corrected chi connectivity index (χ1v) is 3.54. The molecule has 50 valence electrons. The van der Waals surface area contributed by atoms with E-state index in [4.69, 9.17) is 0 Å². The van der Waals surface area contributed by atoms with Crippen molar-refractivity contribution in [2.75, 3.05) is 11.9 Å². The fraction of sp³-hybridized carbons (Fsp3) is 0.400. The molecule has 4 heteroatoms. The van der Waals surface area contributed by atoms with E-state index in [2.05, 4.69) is 25.4 Å². The maximum absolute atomic E-state index is 10.2. The zero-order valence-electron chi connectivity index (χ0n) is 4.59. The molecule has 0 aromatic heterocycles. The predicted octanol–water partition coefficient (Wildman–Crippen LogP) is 1.43. The van der Waals surface area contributed by atoms with E-state index in [1.165, 1.54) is 0 Å². The van der Waals surface area contributed by atoms with Gasteiger partial charge in [-0.05, 0) is 6.08 Å². The van der Waals surface area contributed by atoms with E-state index in [-0.39, 0.29) is 6.61 Å². The number of hydrogen-bond donors (Lipinski definition) is 0. The van der Waals surface area contributed by atoms with E-state index < -0.39 is 6.16 Å². The van der Waals surface area contributed by atoms with Crippen molar-refractivity contribution in [1.29, 1.82) is 0 Å². The van der Waals surface area contributed by atoms with Gasteiger partial charge >= 0.3 is 6.16 Å². The number of allylic oxidation sites excluding steroid dienone is 1. The molecule has 1 heterocycles. The highest BCUT2D eigenvalue weighted by molar-refractivity contribution is 9.09. The van der Waals surface area contributed by atoms with Gasteiger partial charge in [0.25, 0.3) is 0 Å². The summed E-state index contributed by atoms with van der Waals surface area (Å²) in [7, 11) is 0. The number of carbonyl (C=O) groups excluding carboxylic acids is 1. The van der Waals surface area contributed by atoms with Crippen LogP contribution in [0.15, 0.2) is 11.8 Å². The molecule has 9 heavy (non-hydrogen) atoms. The first-order valence-electron chi connectivity index (χ1n) is 2.42. The van der Waals surface area contributed by atoms with Gasteiger partial charge in [0, 0.05) is 5.33 Å². The zero-order valence-corrected chi connectivity index (χ0v) is 6.18. The van der Waals surface area contributed by atoms with Crippen LogP contribution in [0.2, 0.25) is 0 Å². The number of rotatable bonds is 1. The van der Waals surface area contributed by atoms with Crippen LogP contribution in [0.4, 0.5) is 4.79 Å². The highest BCUT2D eigenvalue weighted by Gasteiger charge is 2.17. The quantitative estimate of drug-likeness (QED) is 0.466. The molecule has 0 aliphatic carbocycles. The highest BCUT2D eigenvalue weighted by Crippen LogP contribution is 2.09. The fourth-order valence-corrected chi connectivity index (χ4v) is 0.844. The second-order valence-corrected chi connectivity index (χ2v) is 2.11. The van der Waals surface area contributed by atoms with Crippen LogP contribution in [-0.4, -0.2) is 18.1 Å². The maximum atomic E-state index is 10.2. The average Bonchev–Trinajstić information content (AvgIpc) is 2.17. The minimum Gasteiger partial charge on any atom is -0.426 e. The van der Waals surface area contributed by atoms with Gasteiger partial charge in [-0.25, -0.2) is 4.79 Å². The van der Waals surface area contributed by atoms with Crippen molar-refractivity contribution in [1.82, 2.24) is 0 Å². The molecule has 0 saturated carbocycles. The Morgan fingerprint density at radius 2 is 2.56 bits per heavy atom. The number of alkyl halides is 1. The lowest BCUT2D eigenvalue weighted by Crippen LogP contribution is -1.88. The minimum atomic E-state index is -0.609.